The summed E-state index contributed by atoms with van der Waals surface area (Å²) in [5.41, 5.74) is 6.05. The number of nitrogens with zero attached hydrogens (tertiary/aromatic N) is 1. The number of carbonyl (C=O) groups is 1. The first-order valence-electron chi connectivity index (χ1n) is 5.95. The first kappa shape index (κ1) is 12.5. The fourth-order valence-electron chi connectivity index (χ4n) is 2.05. The summed E-state index contributed by atoms with van der Waals surface area (Å²) in [5, 5.41) is 0. The summed E-state index contributed by atoms with van der Waals surface area (Å²) in [6, 6.07) is -0.306. The maximum atomic E-state index is 11.9. The zero-order valence-electron chi connectivity index (χ0n) is 10.4. The number of hydrogen-bond donors (Lipinski definition) is 1. The molecule has 15 heavy (non-hydrogen) atoms. The molecule has 0 aromatic rings. The number of nitrogens with two attached hydrogens (primary N) is 1. The Morgan fingerprint density at radius 2 is 2.13 bits per heavy atom. The van der Waals surface area contributed by atoms with Crippen LogP contribution in [0.15, 0.2) is 0 Å². The molecule has 0 aliphatic carbocycles. The van der Waals surface area contributed by atoms with Crippen molar-refractivity contribution >= 4 is 5.91 Å². The summed E-state index contributed by atoms with van der Waals surface area (Å²) < 4.78 is 0. The summed E-state index contributed by atoms with van der Waals surface area (Å²) in [7, 11) is 0. The lowest BCUT2D eigenvalue weighted by molar-refractivity contribution is -0.132. The quantitative estimate of drug-likeness (QED) is 0.772. The van der Waals surface area contributed by atoms with Crippen molar-refractivity contribution in [1.29, 1.82) is 0 Å². The Labute approximate surface area is 93.0 Å². The zero-order chi connectivity index (χ0) is 11.6. The van der Waals surface area contributed by atoms with Gasteiger partial charge in [-0.05, 0) is 24.2 Å². The minimum absolute atomic E-state index is 0.127. The molecule has 0 bridgehead atoms. The minimum Gasteiger partial charge on any atom is -0.341 e. The maximum Gasteiger partial charge on any atom is 0.239 e. The molecular weight excluding hydrogens is 188 g/mol. The highest BCUT2D eigenvalue weighted by Crippen LogP contribution is 2.37. The predicted octanol–water partition coefficient (Wildman–Crippen LogP) is 1.62. The Bertz CT molecular complexity index is 240. The van der Waals surface area contributed by atoms with Crippen molar-refractivity contribution < 1.29 is 4.79 Å². The average molecular weight is 212 g/mol. The van der Waals surface area contributed by atoms with Crippen LogP contribution in [-0.4, -0.2) is 29.9 Å². The number of amides is 1. The zero-order valence-corrected chi connectivity index (χ0v) is 10.4. The maximum absolute atomic E-state index is 11.9. The summed E-state index contributed by atoms with van der Waals surface area (Å²) in [5.74, 6) is 0.745. The van der Waals surface area contributed by atoms with E-state index >= 15 is 0 Å². The van der Waals surface area contributed by atoms with Gasteiger partial charge in [0.2, 0.25) is 5.91 Å². The molecule has 0 saturated carbocycles. The highest BCUT2D eigenvalue weighted by atomic mass is 16.2. The second-order valence-electron chi connectivity index (χ2n) is 5.33. The summed E-state index contributed by atoms with van der Waals surface area (Å²) in [6.45, 7) is 10.4. The smallest absolute Gasteiger partial charge is 0.239 e. The topological polar surface area (TPSA) is 46.3 Å². The van der Waals surface area contributed by atoms with Gasteiger partial charge in [-0.2, -0.15) is 0 Å². The fourth-order valence-corrected chi connectivity index (χ4v) is 2.05. The van der Waals surface area contributed by atoms with Crippen molar-refractivity contribution in [2.75, 3.05) is 13.1 Å². The van der Waals surface area contributed by atoms with Crippen molar-refractivity contribution in [1.82, 2.24) is 4.90 Å². The number of rotatable bonds is 3. The number of likely N-dealkylation sites (tertiary alicyclic amines) is 1. The molecule has 1 aliphatic heterocycles. The predicted molar refractivity (Wildman–Crippen MR) is 62.4 cm³/mol. The Morgan fingerprint density at radius 1 is 1.53 bits per heavy atom. The van der Waals surface area contributed by atoms with Gasteiger partial charge in [0.1, 0.15) is 0 Å². The van der Waals surface area contributed by atoms with E-state index in [-0.39, 0.29) is 17.4 Å². The molecule has 2 atom stereocenters. The van der Waals surface area contributed by atoms with Gasteiger partial charge < -0.3 is 10.6 Å². The molecule has 1 amide bonds. The standard InChI is InChI=1S/C12H24N2O/c1-5-10(13)11(15)14-7-6-12(4,8-14)9(2)3/h9-10H,5-8,13H2,1-4H3/t10-,12-/m0/s1. The van der Waals surface area contributed by atoms with E-state index in [4.69, 9.17) is 5.73 Å². The monoisotopic (exact) mass is 212 g/mol. The molecule has 1 saturated heterocycles. The number of hydrogen-bond acceptors (Lipinski definition) is 2. The third-order valence-corrected chi connectivity index (χ3v) is 3.97. The van der Waals surface area contributed by atoms with E-state index in [0.29, 0.717) is 5.92 Å². The van der Waals surface area contributed by atoms with E-state index in [0.717, 1.165) is 25.9 Å². The highest BCUT2D eigenvalue weighted by molar-refractivity contribution is 5.81. The third kappa shape index (κ3) is 2.51. The van der Waals surface area contributed by atoms with E-state index in [9.17, 15) is 4.79 Å². The first-order valence-corrected chi connectivity index (χ1v) is 5.95. The van der Waals surface area contributed by atoms with Gasteiger partial charge in [-0.25, -0.2) is 0 Å². The van der Waals surface area contributed by atoms with Crippen molar-refractivity contribution in [2.24, 2.45) is 17.1 Å². The first-order chi connectivity index (χ1) is 6.90. The lowest BCUT2D eigenvalue weighted by atomic mass is 9.78. The van der Waals surface area contributed by atoms with Gasteiger partial charge in [-0.15, -0.1) is 0 Å². The molecule has 0 spiro atoms. The van der Waals surface area contributed by atoms with Crippen LogP contribution in [0.1, 0.15) is 40.5 Å². The lowest BCUT2D eigenvalue weighted by Crippen LogP contribution is -2.43. The Hall–Kier alpha value is -0.570. The minimum atomic E-state index is -0.306. The SMILES string of the molecule is CC[C@H](N)C(=O)N1CC[C@](C)(C(C)C)C1. The van der Waals surface area contributed by atoms with Crippen LogP contribution >= 0.6 is 0 Å². The van der Waals surface area contributed by atoms with Crippen molar-refractivity contribution in [2.45, 2.75) is 46.6 Å². The Kier molecular flexibility index (Phi) is 3.77. The molecule has 2 N–H and O–H groups in total. The second kappa shape index (κ2) is 4.52. The molecule has 1 aliphatic rings. The summed E-state index contributed by atoms with van der Waals surface area (Å²) in [6.07, 6.45) is 1.83. The Morgan fingerprint density at radius 3 is 2.53 bits per heavy atom. The van der Waals surface area contributed by atoms with Crippen LogP contribution in [0.3, 0.4) is 0 Å². The van der Waals surface area contributed by atoms with E-state index in [1.165, 1.54) is 0 Å². The molecule has 1 fully saturated rings. The van der Waals surface area contributed by atoms with Gasteiger partial charge in [-0.3, -0.25) is 4.79 Å². The van der Waals surface area contributed by atoms with Crippen LogP contribution in [0.4, 0.5) is 0 Å². The van der Waals surface area contributed by atoms with Gasteiger partial charge in [0.05, 0.1) is 6.04 Å². The van der Waals surface area contributed by atoms with Crippen LogP contribution in [0.2, 0.25) is 0 Å². The molecule has 3 nitrogen and oxygen atoms in total. The van der Waals surface area contributed by atoms with Crippen molar-refractivity contribution in [3.8, 4) is 0 Å². The summed E-state index contributed by atoms with van der Waals surface area (Å²) in [4.78, 5) is 13.8. The van der Waals surface area contributed by atoms with Crippen LogP contribution in [0.5, 0.6) is 0 Å². The summed E-state index contributed by atoms with van der Waals surface area (Å²) >= 11 is 0. The lowest BCUT2D eigenvalue weighted by Gasteiger charge is -2.29. The Balaban J connectivity index is 2.60. The molecule has 88 valence electrons. The van der Waals surface area contributed by atoms with Gasteiger partial charge in [0, 0.05) is 13.1 Å². The van der Waals surface area contributed by atoms with Crippen LogP contribution in [0, 0.1) is 11.3 Å². The van der Waals surface area contributed by atoms with Crippen molar-refractivity contribution in [3.05, 3.63) is 0 Å². The van der Waals surface area contributed by atoms with E-state index < -0.39 is 0 Å². The number of carbonyl (C=O) groups excluding carboxylic acids is 1. The van der Waals surface area contributed by atoms with Gasteiger partial charge >= 0.3 is 0 Å². The van der Waals surface area contributed by atoms with Gasteiger partial charge in [0.15, 0.2) is 0 Å². The molecule has 0 unspecified atom stereocenters. The third-order valence-electron chi connectivity index (χ3n) is 3.97. The van der Waals surface area contributed by atoms with Crippen molar-refractivity contribution in [3.63, 3.8) is 0 Å². The second-order valence-corrected chi connectivity index (χ2v) is 5.33. The molecule has 0 aromatic carbocycles. The van der Waals surface area contributed by atoms with E-state index in [2.05, 4.69) is 20.8 Å². The molecule has 3 heteroatoms. The molecule has 0 aromatic heterocycles. The largest absolute Gasteiger partial charge is 0.341 e. The molecule has 0 radical (unpaired) electrons. The molecular formula is C12H24N2O. The fraction of sp³-hybridized carbons (Fsp3) is 0.917. The molecule has 1 rings (SSSR count). The van der Waals surface area contributed by atoms with Gasteiger partial charge in [-0.1, -0.05) is 27.7 Å². The van der Waals surface area contributed by atoms with Crippen LogP contribution < -0.4 is 5.73 Å². The van der Waals surface area contributed by atoms with Gasteiger partial charge in [0.25, 0.3) is 0 Å². The highest BCUT2D eigenvalue weighted by Gasteiger charge is 2.38. The van der Waals surface area contributed by atoms with Crippen LogP contribution in [0.25, 0.3) is 0 Å². The van der Waals surface area contributed by atoms with Crippen LogP contribution in [-0.2, 0) is 4.79 Å². The molecule has 1 heterocycles. The van der Waals surface area contributed by atoms with E-state index in [1.807, 2.05) is 11.8 Å². The normalized spacial score (nSPS) is 28.5. The average Bonchev–Trinajstić information content (AvgIpc) is 2.60. The van der Waals surface area contributed by atoms with E-state index in [1.54, 1.807) is 0 Å².